The van der Waals surface area contributed by atoms with Crippen molar-refractivity contribution in [3.05, 3.63) is 53.2 Å². The molecule has 8 nitrogen and oxygen atoms in total. The van der Waals surface area contributed by atoms with Crippen molar-refractivity contribution in [2.75, 3.05) is 29.9 Å². The van der Waals surface area contributed by atoms with E-state index in [0.29, 0.717) is 18.7 Å². The summed E-state index contributed by atoms with van der Waals surface area (Å²) >= 11 is 0. The molecule has 0 aliphatic carbocycles. The van der Waals surface area contributed by atoms with Crippen LogP contribution in [0.5, 0.6) is 0 Å². The van der Waals surface area contributed by atoms with Crippen LogP contribution in [0.1, 0.15) is 49.4 Å². The number of benzene rings is 1. The number of amides is 2. The Morgan fingerprint density at radius 2 is 1.94 bits per heavy atom. The minimum atomic E-state index is -0.904. The minimum absolute atomic E-state index is 0.0376. The fourth-order valence-electron chi connectivity index (χ4n) is 3.96. The fourth-order valence-corrected chi connectivity index (χ4v) is 3.96. The van der Waals surface area contributed by atoms with E-state index in [1.807, 2.05) is 0 Å². The smallest absolute Gasteiger partial charge is 0.303 e. The van der Waals surface area contributed by atoms with Crippen LogP contribution in [0.2, 0.25) is 0 Å². The third-order valence-electron chi connectivity index (χ3n) is 5.71. The molecule has 33 heavy (non-hydrogen) atoms. The lowest BCUT2D eigenvalue weighted by Gasteiger charge is -2.23. The lowest BCUT2D eigenvalue weighted by molar-refractivity contribution is -0.137. The summed E-state index contributed by atoms with van der Waals surface area (Å²) < 4.78 is 0. The molecular weight excluding hydrogens is 420 g/mol. The van der Waals surface area contributed by atoms with Gasteiger partial charge < -0.3 is 20.6 Å². The molecule has 0 atom stereocenters. The molecule has 1 aliphatic heterocycles. The van der Waals surface area contributed by atoms with Gasteiger partial charge in [0, 0.05) is 37.8 Å². The predicted molar refractivity (Wildman–Crippen MR) is 127 cm³/mol. The van der Waals surface area contributed by atoms with Crippen LogP contribution in [-0.4, -0.2) is 47.5 Å². The first-order valence-corrected chi connectivity index (χ1v) is 11.5. The molecule has 176 valence electrons. The molecule has 2 aromatic rings. The van der Waals surface area contributed by atoms with Crippen molar-refractivity contribution in [1.29, 1.82) is 0 Å². The number of anilines is 2. The van der Waals surface area contributed by atoms with E-state index in [1.54, 1.807) is 24.3 Å². The number of para-hydroxylation sites is 1. The van der Waals surface area contributed by atoms with Gasteiger partial charge in [-0.3, -0.25) is 14.4 Å². The molecule has 0 saturated carbocycles. The Morgan fingerprint density at radius 1 is 1.12 bits per heavy atom. The molecule has 0 fully saturated rings. The summed E-state index contributed by atoms with van der Waals surface area (Å²) in [5.74, 6) is -0.409. The molecule has 0 saturated heterocycles. The van der Waals surface area contributed by atoms with Gasteiger partial charge in [0.1, 0.15) is 12.4 Å². The molecule has 1 aromatic heterocycles. The average molecular weight is 453 g/mol. The maximum Gasteiger partial charge on any atom is 0.303 e. The first kappa shape index (κ1) is 24.2. The normalized spacial score (nSPS) is 12.4. The Balaban J connectivity index is 1.46. The molecule has 0 bridgehead atoms. The first-order valence-electron chi connectivity index (χ1n) is 11.5. The zero-order chi connectivity index (χ0) is 23.6. The number of aryl methyl sites for hydroxylation is 3. The van der Waals surface area contributed by atoms with Gasteiger partial charge in [-0.2, -0.15) is 0 Å². The van der Waals surface area contributed by atoms with E-state index in [0.717, 1.165) is 55.7 Å². The quantitative estimate of drug-likeness (QED) is 0.452. The predicted octanol–water partition coefficient (Wildman–Crippen LogP) is 2.95. The molecule has 1 aromatic carbocycles. The summed E-state index contributed by atoms with van der Waals surface area (Å²) in [6.45, 7) is 2.80. The van der Waals surface area contributed by atoms with Gasteiger partial charge in [-0.25, -0.2) is 4.98 Å². The van der Waals surface area contributed by atoms with E-state index in [1.165, 1.54) is 17.4 Å². The second-order valence-electron chi connectivity index (χ2n) is 8.28. The van der Waals surface area contributed by atoms with E-state index in [2.05, 4.69) is 22.8 Å². The maximum absolute atomic E-state index is 12.5. The number of carboxylic acids is 1. The van der Waals surface area contributed by atoms with Crippen molar-refractivity contribution in [3.8, 4) is 0 Å². The number of carboxylic acid groups (broad SMARTS) is 1. The second kappa shape index (κ2) is 12.0. The van der Waals surface area contributed by atoms with Crippen LogP contribution >= 0.6 is 0 Å². The molecule has 2 amide bonds. The highest BCUT2D eigenvalue weighted by molar-refractivity contribution is 5.98. The molecule has 3 N–H and O–H groups in total. The van der Waals surface area contributed by atoms with E-state index >= 15 is 0 Å². The molecule has 0 unspecified atom stereocenters. The van der Waals surface area contributed by atoms with Crippen molar-refractivity contribution in [2.45, 2.75) is 51.9 Å². The Labute approximate surface area is 194 Å². The highest BCUT2D eigenvalue weighted by Gasteiger charge is 2.19. The zero-order valence-electron chi connectivity index (χ0n) is 19.1. The van der Waals surface area contributed by atoms with Crippen LogP contribution in [0.4, 0.5) is 11.5 Å². The molecule has 0 radical (unpaired) electrons. The van der Waals surface area contributed by atoms with Gasteiger partial charge in [-0.1, -0.05) is 24.3 Å². The highest BCUT2D eigenvalue weighted by atomic mass is 16.4. The van der Waals surface area contributed by atoms with E-state index < -0.39 is 5.97 Å². The average Bonchev–Trinajstić information content (AvgIpc) is 2.81. The van der Waals surface area contributed by atoms with E-state index in [9.17, 15) is 14.4 Å². The van der Waals surface area contributed by atoms with Crippen molar-refractivity contribution in [1.82, 2.24) is 10.3 Å². The maximum atomic E-state index is 12.5. The first-order chi connectivity index (χ1) is 15.9. The van der Waals surface area contributed by atoms with E-state index in [-0.39, 0.29) is 24.8 Å². The molecule has 1 aliphatic rings. The number of aromatic nitrogens is 1. The van der Waals surface area contributed by atoms with Crippen molar-refractivity contribution >= 4 is 29.3 Å². The Hall–Kier alpha value is -3.42. The van der Waals surface area contributed by atoms with Gasteiger partial charge >= 0.3 is 5.97 Å². The van der Waals surface area contributed by atoms with Gasteiger partial charge in [-0.15, -0.1) is 0 Å². The number of pyridine rings is 1. The molecule has 3 rings (SSSR count). The van der Waals surface area contributed by atoms with E-state index in [4.69, 9.17) is 10.1 Å². The number of fused-ring (bicyclic) bond motifs is 1. The summed E-state index contributed by atoms with van der Waals surface area (Å²) in [5.41, 5.74) is 3.63. The second-order valence-corrected chi connectivity index (χ2v) is 8.28. The lowest BCUT2D eigenvalue weighted by atomic mass is 10.1. The topological polar surface area (TPSA) is 112 Å². The number of nitrogens with one attached hydrogen (secondary N) is 2. The number of carbonyl (C=O) groups is 3. The molecule has 8 heteroatoms. The number of hydrogen-bond donors (Lipinski definition) is 3. The summed E-state index contributed by atoms with van der Waals surface area (Å²) in [4.78, 5) is 41.7. The Kier molecular flexibility index (Phi) is 8.80. The van der Waals surface area contributed by atoms with Crippen LogP contribution in [0.15, 0.2) is 36.4 Å². The molecular formula is C25H32N4O4. The summed E-state index contributed by atoms with van der Waals surface area (Å²) in [5, 5.41) is 15.2. The number of hydrogen-bond acceptors (Lipinski definition) is 5. The Bertz CT molecular complexity index is 992. The molecule has 2 heterocycles. The monoisotopic (exact) mass is 452 g/mol. The summed E-state index contributed by atoms with van der Waals surface area (Å²) in [6, 6.07) is 11.3. The van der Waals surface area contributed by atoms with Gasteiger partial charge in [0.25, 0.3) is 0 Å². The summed E-state index contributed by atoms with van der Waals surface area (Å²) in [6.07, 6.45) is 5.04. The Morgan fingerprint density at radius 3 is 2.73 bits per heavy atom. The number of rotatable bonds is 11. The van der Waals surface area contributed by atoms with Crippen molar-refractivity contribution in [2.24, 2.45) is 0 Å². The van der Waals surface area contributed by atoms with Crippen LogP contribution in [-0.2, 0) is 33.6 Å². The van der Waals surface area contributed by atoms with Crippen molar-refractivity contribution < 1.29 is 19.5 Å². The van der Waals surface area contributed by atoms with Crippen LogP contribution in [0.25, 0.3) is 0 Å². The van der Waals surface area contributed by atoms with Crippen molar-refractivity contribution in [3.63, 3.8) is 0 Å². The van der Waals surface area contributed by atoms with Gasteiger partial charge in [0.2, 0.25) is 11.8 Å². The summed E-state index contributed by atoms with van der Waals surface area (Å²) in [7, 11) is 0. The van der Waals surface area contributed by atoms with Crippen LogP contribution in [0.3, 0.4) is 0 Å². The molecule has 0 spiro atoms. The zero-order valence-corrected chi connectivity index (χ0v) is 19.1. The number of aliphatic carboxylic acids is 1. The highest BCUT2D eigenvalue weighted by Crippen LogP contribution is 2.22. The van der Waals surface area contributed by atoms with Gasteiger partial charge in [0.15, 0.2) is 0 Å². The standard InChI is InChI=1S/C25H32N4O4/c1-18(30)29(22-10-3-2-7-19(22)12-14-24(32)33)17-23(31)26-15-5-4-9-21-13-11-20-8-6-16-27-25(20)28-21/h2-3,7,10-11,13H,4-6,8-9,12,14-17H2,1H3,(H,26,31)(H,27,28)(H,32,33). The lowest BCUT2D eigenvalue weighted by Crippen LogP contribution is -2.40. The fraction of sp³-hybridized carbons (Fsp3) is 0.440. The number of unbranched alkanes of at least 4 members (excludes halogenated alkanes) is 1. The number of carbonyl (C=O) groups excluding carboxylic acids is 2. The SMILES string of the molecule is CC(=O)N(CC(=O)NCCCCc1ccc2c(n1)NCCC2)c1ccccc1CCC(=O)O. The number of nitrogens with zero attached hydrogens (tertiary/aromatic N) is 2. The van der Waals surface area contributed by atoms with Crippen LogP contribution in [0, 0.1) is 0 Å². The van der Waals surface area contributed by atoms with Gasteiger partial charge in [-0.05, 0) is 61.8 Å². The minimum Gasteiger partial charge on any atom is -0.481 e. The third kappa shape index (κ3) is 7.30. The van der Waals surface area contributed by atoms with Gasteiger partial charge in [0.05, 0.1) is 0 Å². The third-order valence-corrected chi connectivity index (χ3v) is 5.71. The largest absolute Gasteiger partial charge is 0.481 e. The van der Waals surface area contributed by atoms with Crippen LogP contribution < -0.4 is 15.5 Å².